The van der Waals surface area contributed by atoms with Crippen molar-refractivity contribution >= 4 is 5.91 Å². The molecule has 102 valence electrons. The molecule has 0 spiro atoms. The van der Waals surface area contributed by atoms with E-state index in [1.807, 2.05) is 4.90 Å². The molecule has 0 aliphatic heterocycles. The van der Waals surface area contributed by atoms with Crippen LogP contribution in [0.5, 0.6) is 0 Å². The quantitative estimate of drug-likeness (QED) is 0.596. The van der Waals surface area contributed by atoms with Crippen LogP contribution in [0.2, 0.25) is 0 Å². The van der Waals surface area contributed by atoms with E-state index in [9.17, 15) is 4.79 Å². The van der Waals surface area contributed by atoms with Gasteiger partial charge in [0.1, 0.15) is 0 Å². The lowest BCUT2D eigenvalue weighted by Crippen LogP contribution is -2.43. The Morgan fingerprint density at radius 2 is 1.88 bits per heavy atom. The molecule has 0 unspecified atom stereocenters. The SMILES string of the molecule is CCCOCCC(=O)N(CCN)C(CC)CC. The number of rotatable bonds is 10. The topological polar surface area (TPSA) is 55.6 Å². The highest BCUT2D eigenvalue weighted by Gasteiger charge is 2.19. The first kappa shape index (κ1) is 16.4. The number of ether oxygens (including phenoxy) is 1. The van der Waals surface area contributed by atoms with Crippen LogP contribution in [0.25, 0.3) is 0 Å². The Balaban J connectivity index is 4.13. The lowest BCUT2D eigenvalue weighted by molar-refractivity contribution is -0.134. The second-order valence-electron chi connectivity index (χ2n) is 4.21. The predicted molar refractivity (Wildman–Crippen MR) is 70.9 cm³/mol. The zero-order chi connectivity index (χ0) is 13.1. The van der Waals surface area contributed by atoms with Crippen LogP contribution < -0.4 is 5.73 Å². The molecule has 0 aromatic heterocycles. The monoisotopic (exact) mass is 244 g/mol. The van der Waals surface area contributed by atoms with Gasteiger partial charge in [-0.1, -0.05) is 20.8 Å². The van der Waals surface area contributed by atoms with Gasteiger partial charge < -0.3 is 15.4 Å². The molecule has 0 aliphatic rings. The third kappa shape index (κ3) is 6.64. The van der Waals surface area contributed by atoms with Crippen molar-refractivity contribution in [3.05, 3.63) is 0 Å². The number of carbonyl (C=O) groups excluding carboxylic acids is 1. The minimum Gasteiger partial charge on any atom is -0.381 e. The number of carbonyl (C=O) groups is 1. The first-order valence-electron chi connectivity index (χ1n) is 6.78. The zero-order valence-electron chi connectivity index (χ0n) is 11.6. The van der Waals surface area contributed by atoms with Crippen LogP contribution in [0.1, 0.15) is 46.5 Å². The average molecular weight is 244 g/mol. The van der Waals surface area contributed by atoms with E-state index in [0.717, 1.165) is 25.9 Å². The van der Waals surface area contributed by atoms with E-state index in [4.69, 9.17) is 10.5 Å². The second kappa shape index (κ2) is 10.5. The van der Waals surface area contributed by atoms with Crippen LogP contribution in [0.15, 0.2) is 0 Å². The van der Waals surface area contributed by atoms with Crippen molar-refractivity contribution in [2.45, 2.75) is 52.5 Å². The molecule has 0 aromatic carbocycles. The van der Waals surface area contributed by atoms with Crippen molar-refractivity contribution in [1.29, 1.82) is 0 Å². The average Bonchev–Trinajstić information content (AvgIpc) is 2.34. The molecule has 0 radical (unpaired) electrons. The van der Waals surface area contributed by atoms with E-state index >= 15 is 0 Å². The first-order valence-corrected chi connectivity index (χ1v) is 6.78. The van der Waals surface area contributed by atoms with E-state index in [2.05, 4.69) is 20.8 Å². The summed E-state index contributed by atoms with van der Waals surface area (Å²) in [6, 6.07) is 0.317. The van der Waals surface area contributed by atoms with Gasteiger partial charge in [-0.2, -0.15) is 0 Å². The summed E-state index contributed by atoms with van der Waals surface area (Å²) in [5, 5.41) is 0. The largest absolute Gasteiger partial charge is 0.381 e. The van der Waals surface area contributed by atoms with E-state index in [-0.39, 0.29) is 5.91 Å². The maximum atomic E-state index is 12.0. The van der Waals surface area contributed by atoms with Crippen LogP contribution in [-0.2, 0) is 9.53 Å². The summed E-state index contributed by atoms with van der Waals surface area (Å²) in [7, 11) is 0. The summed E-state index contributed by atoms with van der Waals surface area (Å²) in [4.78, 5) is 14.0. The van der Waals surface area contributed by atoms with Gasteiger partial charge in [-0.3, -0.25) is 4.79 Å². The molecular formula is C13H28N2O2. The van der Waals surface area contributed by atoms with Crippen LogP contribution in [0, 0.1) is 0 Å². The molecule has 17 heavy (non-hydrogen) atoms. The Morgan fingerprint density at radius 3 is 2.35 bits per heavy atom. The maximum absolute atomic E-state index is 12.0. The molecule has 4 heteroatoms. The summed E-state index contributed by atoms with van der Waals surface area (Å²) in [5.74, 6) is 0.167. The van der Waals surface area contributed by atoms with Crippen LogP contribution in [0.4, 0.5) is 0 Å². The lowest BCUT2D eigenvalue weighted by Gasteiger charge is -2.30. The van der Waals surface area contributed by atoms with Gasteiger partial charge in [-0.05, 0) is 19.3 Å². The fraction of sp³-hybridized carbons (Fsp3) is 0.923. The molecular weight excluding hydrogens is 216 g/mol. The Labute approximate surface area is 105 Å². The molecule has 1 amide bonds. The van der Waals surface area contributed by atoms with Gasteiger partial charge in [-0.15, -0.1) is 0 Å². The van der Waals surface area contributed by atoms with Crippen LogP contribution in [-0.4, -0.2) is 43.2 Å². The lowest BCUT2D eigenvalue weighted by atomic mass is 10.1. The smallest absolute Gasteiger partial charge is 0.225 e. The molecule has 0 heterocycles. The number of nitrogens with two attached hydrogens (primary N) is 1. The Kier molecular flexibility index (Phi) is 10.2. The Morgan fingerprint density at radius 1 is 1.24 bits per heavy atom. The number of amides is 1. The van der Waals surface area contributed by atoms with Crippen molar-refractivity contribution in [3.8, 4) is 0 Å². The van der Waals surface area contributed by atoms with Gasteiger partial charge in [0.05, 0.1) is 13.0 Å². The number of nitrogens with zero attached hydrogens (tertiary/aromatic N) is 1. The van der Waals surface area contributed by atoms with E-state index in [1.54, 1.807) is 0 Å². The predicted octanol–water partition coefficient (Wildman–Crippen LogP) is 1.78. The van der Waals surface area contributed by atoms with Crippen molar-refractivity contribution in [1.82, 2.24) is 4.90 Å². The van der Waals surface area contributed by atoms with E-state index < -0.39 is 0 Å². The fourth-order valence-corrected chi connectivity index (χ4v) is 1.93. The molecule has 0 bridgehead atoms. The third-order valence-electron chi connectivity index (χ3n) is 2.88. The standard InChI is InChI=1S/C13H28N2O2/c1-4-10-17-11-7-13(16)15(9-8-14)12(5-2)6-3/h12H,4-11,14H2,1-3H3. The summed E-state index contributed by atoms with van der Waals surface area (Å²) in [5.41, 5.74) is 5.57. The van der Waals surface area contributed by atoms with Gasteiger partial charge in [0.25, 0.3) is 0 Å². The highest BCUT2D eigenvalue weighted by atomic mass is 16.5. The molecule has 0 atom stereocenters. The zero-order valence-corrected chi connectivity index (χ0v) is 11.6. The number of hydrogen-bond donors (Lipinski definition) is 1. The van der Waals surface area contributed by atoms with Gasteiger partial charge in [0.2, 0.25) is 5.91 Å². The highest BCUT2D eigenvalue weighted by molar-refractivity contribution is 5.76. The van der Waals surface area contributed by atoms with Crippen molar-refractivity contribution < 1.29 is 9.53 Å². The molecule has 0 rings (SSSR count). The normalized spacial score (nSPS) is 10.9. The van der Waals surface area contributed by atoms with E-state index in [0.29, 0.717) is 32.2 Å². The Hall–Kier alpha value is -0.610. The molecule has 4 nitrogen and oxygen atoms in total. The fourth-order valence-electron chi connectivity index (χ4n) is 1.93. The number of hydrogen-bond acceptors (Lipinski definition) is 3. The maximum Gasteiger partial charge on any atom is 0.225 e. The minimum absolute atomic E-state index is 0.167. The van der Waals surface area contributed by atoms with Crippen molar-refractivity contribution in [2.75, 3.05) is 26.3 Å². The Bertz CT molecular complexity index is 194. The minimum atomic E-state index is 0.167. The first-order chi connectivity index (χ1) is 8.21. The molecule has 0 saturated carbocycles. The third-order valence-corrected chi connectivity index (χ3v) is 2.88. The summed E-state index contributed by atoms with van der Waals surface area (Å²) < 4.78 is 5.35. The van der Waals surface area contributed by atoms with E-state index in [1.165, 1.54) is 0 Å². The summed E-state index contributed by atoms with van der Waals surface area (Å²) in [6.45, 7) is 8.71. The summed E-state index contributed by atoms with van der Waals surface area (Å²) in [6.07, 6.45) is 3.43. The van der Waals surface area contributed by atoms with Gasteiger partial charge in [0, 0.05) is 25.7 Å². The van der Waals surface area contributed by atoms with Crippen molar-refractivity contribution in [3.63, 3.8) is 0 Å². The second-order valence-corrected chi connectivity index (χ2v) is 4.21. The van der Waals surface area contributed by atoms with Crippen LogP contribution in [0.3, 0.4) is 0 Å². The molecule has 0 saturated heterocycles. The van der Waals surface area contributed by atoms with Crippen molar-refractivity contribution in [2.24, 2.45) is 5.73 Å². The molecule has 0 aliphatic carbocycles. The van der Waals surface area contributed by atoms with Gasteiger partial charge in [-0.25, -0.2) is 0 Å². The molecule has 0 aromatic rings. The highest BCUT2D eigenvalue weighted by Crippen LogP contribution is 2.09. The summed E-state index contributed by atoms with van der Waals surface area (Å²) >= 11 is 0. The van der Waals surface area contributed by atoms with Gasteiger partial charge >= 0.3 is 0 Å². The van der Waals surface area contributed by atoms with Gasteiger partial charge in [0.15, 0.2) is 0 Å². The van der Waals surface area contributed by atoms with Crippen LogP contribution >= 0.6 is 0 Å². The molecule has 2 N–H and O–H groups in total. The molecule has 0 fully saturated rings.